The number of anilines is 2. The molecule has 0 saturated carbocycles. The molecule has 5 aliphatic heterocycles. The molecular formula is C36H39F2N7O2S. The first-order chi connectivity index (χ1) is 23.3. The molecule has 9 rings (SSSR count). The Balaban J connectivity index is 1.26. The molecule has 2 aromatic heterocycles. The molecule has 0 amide bonds. The molecule has 4 aromatic rings. The summed E-state index contributed by atoms with van der Waals surface area (Å²) in [4.78, 5) is 17.5. The Hall–Kier alpha value is -3.63. The average Bonchev–Trinajstić information content (AvgIpc) is 3.89. The number of fused-ring (bicyclic) bond motifs is 7. The number of rotatable bonds is 6. The number of benzene rings is 2. The second kappa shape index (κ2) is 11.2. The molecule has 2 aromatic carbocycles. The van der Waals surface area contributed by atoms with Crippen molar-refractivity contribution in [1.29, 1.82) is 5.26 Å². The third-order valence-electron chi connectivity index (χ3n) is 11.7. The Morgan fingerprint density at radius 2 is 1.81 bits per heavy atom. The third-order valence-corrected chi connectivity index (χ3v) is 12.8. The molecule has 7 heterocycles. The number of ether oxygens (including phenoxy) is 2. The summed E-state index contributed by atoms with van der Waals surface area (Å²) in [6, 6.07) is 6.09. The van der Waals surface area contributed by atoms with Crippen LogP contribution in [0.5, 0.6) is 6.01 Å². The van der Waals surface area contributed by atoms with Crippen LogP contribution in [0.15, 0.2) is 12.1 Å². The Labute approximate surface area is 282 Å². The van der Waals surface area contributed by atoms with E-state index in [0.29, 0.717) is 40.4 Å². The van der Waals surface area contributed by atoms with Crippen molar-refractivity contribution in [1.82, 2.24) is 19.8 Å². The van der Waals surface area contributed by atoms with E-state index in [2.05, 4.69) is 34.6 Å². The minimum atomic E-state index is -0.543. The first kappa shape index (κ1) is 30.4. The molecule has 2 bridgehead atoms. The quantitative estimate of drug-likeness (QED) is 0.252. The molecule has 2 atom stereocenters. The number of nitriles is 1. The van der Waals surface area contributed by atoms with Gasteiger partial charge < -0.3 is 20.1 Å². The van der Waals surface area contributed by atoms with E-state index in [4.69, 9.17) is 25.2 Å². The van der Waals surface area contributed by atoms with Gasteiger partial charge in [-0.15, -0.1) is 11.3 Å². The Morgan fingerprint density at radius 1 is 1.08 bits per heavy atom. The molecule has 5 aliphatic rings. The van der Waals surface area contributed by atoms with Crippen molar-refractivity contribution < 1.29 is 18.3 Å². The fourth-order valence-corrected chi connectivity index (χ4v) is 10.3. The molecule has 2 N–H and O–H groups in total. The number of hydrogen-bond acceptors (Lipinski definition) is 10. The fourth-order valence-electron chi connectivity index (χ4n) is 9.40. The number of nitrogens with two attached hydrogens (primary N) is 1. The molecule has 0 aliphatic carbocycles. The predicted molar refractivity (Wildman–Crippen MR) is 182 cm³/mol. The van der Waals surface area contributed by atoms with Crippen molar-refractivity contribution in [3.05, 3.63) is 40.5 Å². The number of thiophene rings is 1. The van der Waals surface area contributed by atoms with Gasteiger partial charge in [-0.2, -0.15) is 15.2 Å². The maximum absolute atomic E-state index is 17.5. The summed E-state index contributed by atoms with van der Waals surface area (Å²) < 4.78 is 45.4. The number of nitrogens with zero attached hydrogens (tertiary/aromatic N) is 6. The normalized spacial score (nSPS) is 23.5. The molecule has 4 saturated heterocycles. The van der Waals surface area contributed by atoms with E-state index < -0.39 is 11.6 Å². The molecule has 4 fully saturated rings. The minimum absolute atomic E-state index is 0.0256. The van der Waals surface area contributed by atoms with Gasteiger partial charge in [0.1, 0.15) is 34.8 Å². The molecule has 250 valence electrons. The van der Waals surface area contributed by atoms with Gasteiger partial charge in [-0.1, -0.05) is 6.07 Å². The zero-order valence-electron chi connectivity index (χ0n) is 27.3. The van der Waals surface area contributed by atoms with E-state index in [1.807, 2.05) is 0 Å². The number of likely N-dealkylation sites (tertiary alicyclic amines) is 1. The lowest BCUT2D eigenvalue weighted by Gasteiger charge is -2.44. The van der Waals surface area contributed by atoms with Crippen molar-refractivity contribution in [2.24, 2.45) is 0 Å². The van der Waals surface area contributed by atoms with Gasteiger partial charge in [0.2, 0.25) is 0 Å². The van der Waals surface area contributed by atoms with Gasteiger partial charge in [0.05, 0.1) is 34.4 Å². The van der Waals surface area contributed by atoms with Crippen molar-refractivity contribution in [2.75, 3.05) is 43.4 Å². The first-order valence-corrected chi connectivity index (χ1v) is 18.0. The van der Waals surface area contributed by atoms with Crippen molar-refractivity contribution in [2.45, 2.75) is 89.3 Å². The SMILES string of the molecule is CC(C)N1CC2CCC(C1)N2c1nc(OCC23CCCN2CCC3)nc2c(F)c(-c3ccc(F)c4sc(N)c(C#N)c34)c3c(c12)COC3. The Kier molecular flexibility index (Phi) is 7.10. The van der Waals surface area contributed by atoms with Gasteiger partial charge in [-0.05, 0) is 88.2 Å². The molecular weight excluding hydrogens is 633 g/mol. The number of hydrogen-bond donors (Lipinski definition) is 1. The highest BCUT2D eigenvalue weighted by Crippen LogP contribution is 2.49. The third kappa shape index (κ3) is 4.40. The highest BCUT2D eigenvalue weighted by Gasteiger charge is 2.46. The summed E-state index contributed by atoms with van der Waals surface area (Å²) in [6.07, 6.45) is 6.51. The summed E-state index contributed by atoms with van der Waals surface area (Å²) in [5.74, 6) is -0.323. The van der Waals surface area contributed by atoms with Crippen molar-refractivity contribution in [3.63, 3.8) is 0 Å². The second-order valence-corrected chi connectivity index (χ2v) is 15.5. The summed E-state index contributed by atoms with van der Waals surface area (Å²) >= 11 is 1.01. The smallest absolute Gasteiger partial charge is 0.319 e. The van der Waals surface area contributed by atoms with Crippen LogP contribution in [0, 0.1) is 23.0 Å². The molecule has 0 spiro atoms. The predicted octanol–water partition coefficient (Wildman–Crippen LogP) is 6.34. The van der Waals surface area contributed by atoms with Crippen LogP contribution in [0.2, 0.25) is 0 Å². The van der Waals surface area contributed by atoms with Crippen LogP contribution in [-0.4, -0.2) is 76.2 Å². The van der Waals surface area contributed by atoms with E-state index in [0.717, 1.165) is 81.6 Å². The molecule has 12 heteroatoms. The lowest BCUT2D eigenvalue weighted by molar-refractivity contribution is 0.107. The van der Waals surface area contributed by atoms with E-state index in [9.17, 15) is 5.26 Å². The Bertz CT molecular complexity index is 2000. The van der Waals surface area contributed by atoms with E-state index in [1.54, 1.807) is 6.07 Å². The maximum Gasteiger partial charge on any atom is 0.319 e. The van der Waals surface area contributed by atoms with Crippen LogP contribution >= 0.6 is 11.3 Å². The highest BCUT2D eigenvalue weighted by atomic mass is 32.1. The van der Waals surface area contributed by atoms with Gasteiger partial charge in [0.15, 0.2) is 5.82 Å². The fraction of sp³-hybridized carbons (Fsp3) is 0.528. The molecule has 2 unspecified atom stereocenters. The van der Waals surface area contributed by atoms with Gasteiger partial charge in [-0.25, -0.2) is 8.78 Å². The van der Waals surface area contributed by atoms with Crippen LogP contribution in [0.25, 0.3) is 32.1 Å². The number of halogens is 2. The monoisotopic (exact) mass is 671 g/mol. The van der Waals surface area contributed by atoms with Crippen LogP contribution < -0.4 is 15.4 Å². The standard InChI is InChI=1S/C36H39F2N7O2S/c1-19(2)43-14-20-5-6-21(15-43)45(20)34-29-25-17-46-16-24(25)27(22-7-8-26(37)32-28(22)23(13-39)33(40)48-32)30(38)31(29)41-35(42-34)47-18-36-9-3-11-44(36)12-4-10-36/h7-8,19-21H,3-6,9-12,14-18,40H2,1-2H3. The van der Waals surface area contributed by atoms with Gasteiger partial charge in [0, 0.05) is 42.2 Å². The first-order valence-electron chi connectivity index (χ1n) is 17.2. The van der Waals surface area contributed by atoms with Crippen molar-refractivity contribution >= 4 is 43.1 Å². The lowest BCUT2D eigenvalue weighted by atomic mass is 9.90. The van der Waals surface area contributed by atoms with Gasteiger partial charge >= 0.3 is 6.01 Å². The Morgan fingerprint density at radius 3 is 2.52 bits per heavy atom. The van der Waals surface area contributed by atoms with Crippen LogP contribution in [-0.2, 0) is 18.0 Å². The number of piperazine rings is 1. The van der Waals surface area contributed by atoms with E-state index >= 15 is 8.78 Å². The van der Waals surface area contributed by atoms with E-state index in [1.165, 1.54) is 6.07 Å². The van der Waals surface area contributed by atoms with Gasteiger partial charge in [0.25, 0.3) is 0 Å². The van der Waals surface area contributed by atoms with Crippen LogP contribution in [0.1, 0.15) is 69.1 Å². The molecule has 48 heavy (non-hydrogen) atoms. The number of aromatic nitrogens is 2. The summed E-state index contributed by atoms with van der Waals surface area (Å²) in [5.41, 5.74) is 8.69. The van der Waals surface area contributed by atoms with Gasteiger partial charge in [-0.3, -0.25) is 9.80 Å². The van der Waals surface area contributed by atoms with Crippen molar-refractivity contribution in [3.8, 4) is 23.2 Å². The summed E-state index contributed by atoms with van der Waals surface area (Å²) in [5, 5.41) is 11.2. The van der Waals surface area contributed by atoms with Crippen LogP contribution in [0.3, 0.4) is 0 Å². The second-order valence-electron chi connectivity index (χ2n) is 14.5. The lowest BCUT2D eigenvalue weighted by Crippen LogP contribution is -2.56. The summed E-state index contributed by atoms with van der Waals surface area (Å²) in [6.45, 7) is 9.37. The summed E-state index contributed by atoms with van der Waals surface area (Å²) in [7, 11) is 0. The minimum Gasteiger partial charge on any atom is -0.461 e. The maximum atomic E-state index is 17.5. The molecule has 0 radical (unpaired) electrons. The van der Waals surface area contributed by atoms with Crippen LogP contribution in [0.4, 0.5) is 19.6 Å². The zero-order valence-corrected chi connectivity index (χ0v) is 28.1. The highest BCUT2D eigenvalue weighted by molar-refractivity contribution is 7.23. The van der Waals surface area contributed by atoms with E-state index in [-0.39, 0.29) is 63.2 Å². The zero-order chi connectivity index (χ0) is 32.9. The molecule has 9 nitrogen and oxygen atoms in total. The number of nitrogen functional groups attached to an aromatic ring is 1. The topological polar surface area (TPSA) is 104 Å². The average molecular weight is 672 g/mol. The largest absolute Gasteiger partial charge is 0.461 e.